The normalized spacial score (nSPS) is 10.6. The lowest BCUT2D eigenvalue weighted by Crippen LogP contribution is -2.19. The fraction of sp³-hybridized carbons (Fsp3) is 0.111. The third kappa shape index (κ3) is 1.35. The first-order chi connectivity index (χ1) is 6.20. The minimum atomic E-state index is -0.0394. The predicted molar refractivity (Wildman–Crippen MR) is 59.7 cm³/mol. The maximum absolute atomic E-state index is 11.6. The zero-order chi connectivity index (χ0) is 9.42. The molecule has 66 valence electrons. The van der Waals surface area contributed by atoms with Gasteiger partial charge in [0.15, 0.2) is 0 Å². The van der Waals surface area contributed by atoms with E-state index in [1.165, 1.54) is 4.68 Å². The van der Waals surface area contributed by atoms with Gasteiger partial charge in [0, 0.05) is 16.0 Å². The van der Waals surface area contributed by atoms with E-state index in [1.54, 1.807) is 13.2 Å². The second kappa shape index (κ2) is 3.10. The largest absolute Gasteiger partial charge is 0.275 e. The van der Waals surface area contributed by atoms with Gasteiger partial charge in [0.2, 0.25) is 0 Å². The summed E-state index contributed by atoms with van der Waals surface area (Å²) in [5, 5.41) is 5.60. The fourth-order valence-corrected chi connectivity index (χ4v) is 1.99. The molecule has 0 radical (unpaired) electrons. The smallest absolute Gasteiger partial charge is 0.267 e. The van der Waals surface area contributed by atoms with Crippen LogP contribution in [-0.4, -0.2) is 9.78 Å². The minimum Gasteiger partial charge on any atom is -0.267 e. The molecule has 13 heavy (non-hydrogen) atoms. The third-order valence-electron chi connectivity index (χ3n) is 1.92. The number of aromatic nitrogens is 2. The summed E-state index contributed by atoms with van der Waals surface area (Å²) in [6.07, 6.45) is 1.71. The van der Waals surface area contributed by atoms with Crippen LogP contribution < -0.4 is 5.56 Å². The molecule has 0 fully saturated rings. The van der Waals surface area contributed by atoms with Gasteiger partial charge < -0.3 is 0 Å². The Balaban J connectivity index is 3.06. The van der Waals surface area contributed by atoms with E-state index in [4.69, 9.17) is 0 Å². The van der Waals surface area contributed by atoms with E-state index < -0.39 is 0 Å². The Morgan fingerprint density at radius 1 is 1.46 bits per heavy atom. The van der Waals surface area contributed by atoms with Gasteiger partial charge in [-0.2, -0.15) is 5.10 Å². The van der Waals surface area contributed by atoms with Gasteiger partial charge in [0.25, 0.3) is 5.56 Å². The number of fused-ring (bicyclic) bond motifs is 1. The molecule has 4 heteroatoms. The Kier molecular flexibility index (Phi) is 2.07. The number of hydrogen-bond acceptors (Lipinski definition) is 2. The highest BCUT2D eigenvalue weighted by molar-refractivity contribution is 14.1. The highest BCUT2D eigenvalue weighted by atomic mass is 127. The van der Waals surface area contributed by atoms with Crippen LogP contribution in [0.15, 0.2) is 29.2 Å². The van der Waals surface area contributed by atoms with E-state index in [-0.39, 0.29) is 5.56 Å². The molecule has 1 aromatic carbocycles. The van der Waals surface area contributed by atoms with E-state index in [0.717, 1.165) is 14.3 Å². The van der Waals surface area contributed by atoms with Crippen LogP contribution in [0.1, 0.15) is 0 Å². The minimum absolute atomic E-state index is 0.0394. The van der Waals surface area contributed by atoms with Gasteiger partial charge in [-0.25, -0.2) is 4.68 Å². The predicted octanol–water partition coefficient (Wildman–Crippen LogP) is 1.54. The van der Waals surface area contributed by atoms with Gasteiger partial charge in [-0.3, -0.25) is 4.79 Å². The molecule has 2 rings (SSSR count). The molecule has 0 aliphatic rings. The first kappa shape index (κ1) is 8.68. The van der Waals surface area contributed by atoms with E-state index in [0.29, 0.717) is 0 Å². The van der Waals surface area contributed by atoms with Crippen LogP contribution in [0, 0.1) is 3.57 Å². The standard InChI is InChI=1S/C9H7IN2O/c1-12-9(13)8-6(5-11-12)3-2-4-7(8)10/h2-5H,1H3. The summed E-state index contributed by atoms with van der Waals surface area (Å²) in [7, 11) is 1.66. The van der Waals surface area contributed by atoms with Crippen LogP contribution in [0.5, 0.6) is 0 Å². The lowest BCUT2D eigenvalue weighted by Gasteiger charge is -2.00. The molecule has 0 unspecified atom stereocenters. The van der Waals surface area contributed by atoms with Crippen LogP contribution in [0.4, 0.5) is 0 Å². The van der Waals surface area contributed by atoms with E-state index in [9.17, 15) is 4.79 Å². The Morgan fingerprint density at radius 3 is 3.00 bits per heavy atom. The summed E-state index contributed by atoms with van der Waals surface area (Å²) in [4.78, 5) is 11.6. The Morgan fingerprint density at radius 2 is 2.23 bits per heavy atom. The summed E-state index contributed by atoms with van der Waals surface area (Å²) in [5.74, 6) is 0. The molecule has 0 saturated heterocycles. The average Bonchev–Trinajstić information content (AvgIpc) is 2.12. The van der Waals surface area contributed by atoms with Crippen molar-refractivity contribution >= 4 is 33.4 Å². The number of hydrogen-bond donors (Lipinski definition) is 0. The molecule has 0 aliphatic heterocycles. The van der Waals surface area contributed by atoms with Crippen molar-refractivity contribution in [2.24, 2.45) is 7.05 Å². The average molecular weight is 286 g/mol. The van der Waals surface area contributed by atoms with Crippen molar-refractivity contribution in [3.05, 3.63) is 38.3 Å². The number of aryl methyl sites for hydroxylation is 1. The van der Waals surface area contributed by atoms with E-state index in [1.807, 2.05) is 18.2 Å². The van der Waals surface area contributed by atoms with E-state index >= 15 is 0 Å². The molecule has 0 saturated carbocycles. The second-order valence-electron chi connectivity index (χ2n) is 2.78. The zero-order valence-corrected chi connectivity index (χ0v) is 9.15. The molecular formula is C9H7IN2O. The summed E-state index contributed by atoms with van der Waals surface area (Å²) >= 11 is 2.16. The SMILES string of the molecule is Cn1ncc2cccc(I)c2c1=O. The van der Waals surface area contributed by atoms with Crippen LogP contribution in [0.25, 0.3) is 10.8 Å². The van der Waals surface area contributed by atoms with Gasteiger partial charge in [-0.15, -0.1) is 0 Å². The highest BCUT2D eigenvalue weighted by Crippen LogP contribution is 2.15. The van der Waals surface area contributed by atoms with Crippen molar-refractivity contribution in [2.45, 2.75) is 0 Å². The third-order valence-corrected chi connectivity index (χ3v) is 2.82. The maximum atomic E-state index is 11.6. The summed E-state index contributed by atoms with van der Waals surface area (Å²) < 4.78 is 2.32. The number of benzene rings is 1. The first-order valence-electron chi connectivity index (χ1n) is 3.80. The van der Waals surface area contributed by atoms with E-state index in [2.05, 4.69) is 27.7 Å². The zero-order valence-electron chi connectivity index (χ0n) is 6.99. The highest BCUT2D eigenvalue weighted by Gasteiger charge is 2.03. The fourth-order valence-electron chi connectivity index (χ4n) is 1.24. The van der Waals surface area contributed by atoms with Crippen molar-refractivity contribution in [3.8, 4) is 0 Å². The van der Waals surface area contributed by atoms with Crippen LogP contribution in [0.3, 0.4) is 0 Å². The lowest BCUT2D eigenvalue weighted by molar-refractivity contribution is 0.718. The molecule has 0 amide bonds. The Bertz CT molecular complexity index is 518. The summed E-state index contributed by atoms with van der Waals surface area (Å²) in [6.45, 7) is 0. The van der Waals surface area contributed by atoms with Crippen LogP contribution >= 0.6 is 22.6 Å². The van der Waals surface area contributed by atoms with Crippen molar-refractivity contribution in [1.29, 1.82) is 0 Å². The maximum Gasteiger partial charge on any atom is 0.275 e. The van der Waals surface area contributed by atoms with Gasteiger partial charge >= 0.3 is 0 Å². The molecule has 0 spiro atoms. The Labute approximate surface area is 88.5 Å². The summed E-state index contributed by atoms with van der Waals surface area (Å²) in [5.41, 5.74) is -0.0394. The van der Waals surface area contributed by atoms with Gasteiger partial charge in [0.1, 0.15) is 0 Å². The molecular weight excluding hydrogens is 279 g/mol. The molecule has 1 aromatic heterocycles. The molecule has 0 aliphatic carbocycles. The van der Waals surface area contributed by atoms with Crippen molar-refractivity contribution in [1.82, 2.24) is 9.78 Å². The van der Waals surface area contributed by atoms with Crippen LogP contribution in [0.2, 0.25) is 0 Å². The molecule has 0 bridgehead atoms. The number of nitrogens with zero attached hydrogens (tertiary/aromatic N) is 2. The number of rotatable bonds is 0. The second-order valence-corrected chi connectivity index (χ2v) is 3.94. The van der Waals surface area contributed by atoms with Crippen molar-refractivity contribution < 1.29 is 0 Å². The van der Waals surface area contributed by atoms with Crippen LogP contribution in [-0.2, 0) is 7.05 Å². The lowest BCUT2D eigenvalue weighted by atomic mass is 10.2. The quantitative estimate of drug-likeness (QED) is 0.689. The molecule has 3 nitrogen and oxygen atoms in total. The topological polar surface area (TPSA) is 34.9 Å². The van der Waals surface area contributed by atoms with Gasteiger partial charge in [-0.1, -0.05) is 12.1 Å². The molecule has 0 N–H and O–H groups in total. The summed E-state index contributed by atoms with van der Waals surface area (Å²) in [6, 6.07) is 5.74. The van der Waals surface area contributed by atoms with Gasteiger partial charge in [0.05, 0.1) is 11.6 Å². The van der Waals surface area contributed by atoms with Crippen molar-refractivity contribution in [3.63, 3.8) is 0 Å². The van der Waals surface area contributed by atoms with Gasteiger partial charge in [-0.05, 0) is 28.7 Å². The first-order valence-corrected chi connectivity index (χ1v) is 4.88. The molecule has 2 aromatic rings. The van der Waals surface area contributed by atoms with Crippen molar-refractivity contribution in [2.75, 3.05) is 0 Å². The monoisotopic (exact) mass is 286 g/mol. The molecule has 1 heterocycles. The molecule has 0 atom stereocenters. The number of halogens is 1. The Hall–Kier alpha value is -0.910.